The molecule has 4 aromatic rings. The van der Waals surface area contributed by atoms with Crippen molar-refractivity contribution in [3.63, 3.8) is 0 Å². The third kappa shape index (κ3) is 2.90. The second-order valence-electron chi connectivity index (χ2n) is 7.40. The van der Waals surface area contributed by atoms with Gasteiger partial charge < -0.3 is 13.7 Å². The number of hydrogen-bond donors (Lipinski definition) is 1. The SMILES string of the molecule is CCSNc1cc(-c2cn(C)c(=O)c3ccccc23)c2oc(C3CC3)cc2c1. The maximum absolute atomic E-state index is 12.6. The van der Waals surface area contributed by atoms with Gasteiger partial charge in [0, 0.05) is 52.5 Å². The zero-order valence-corrected chi connectivity index (χ0v) is 16.8. The van der Waals surface area contributed by atoms with Crippen LogP contribution in [0.15, 0.2) is 57.9 Å². The van der Waals surface area contributed by atoms with Crippen LogP contribution in [0.3, 0.4) is 0 Å². The molecule has 0 unspecified atom stereocenters. The molecule has 142 valence electrons. The Morgan fingerprint density at radius 3 is 2.68 bits per heavy atom. The molecule has 2 aromatic carbocycles. The third-order valence-corrected chi connectivity index (χ3v) is 6.00. The lowest BCUT2D eigenvalue weighted by Gasteiger charge is -2.12. The monoisotopic (exact) mass is 390 g/mol. The van der Waals surface area contributed by atoms with E-state index in [2.05, 4.69) is 29.8 Å². The number of nitrogens with zero attached hydrogens (tertiary/aromatic N) is 1. The lowest BCUT2D eigenvalue weighted by atomic mass is 9.98. The Kier molecular flexibility index (Phi) is 4.20. The number of aromatic nitrogens is 1. The molecule has 1 N–H and O–H groups in total. The number of aryl methyl sites for hydroxylation is 1. The van der Waals surface area contributed by atoms with Gasteiger partial charge in [0.05, 0.1) is 0 Å². The molecule has 1 saturated carbocycles. The average molecular weight is 391 g/mol. The van der Waals surface area contributed by atoms with Gasteiger partial charge in [-0.25, -0.2) is 0 Å². The minimum Gasteiger partial charge on any atom is -0.460 e. The number of pyridine rings is 1. The van der Waals surface area contributed by atoms with Crippen molar-refractivity contribution in [3.8, 4) is 11.1 Å². The Balaban J connectivity index is 1.81. The van der Waals surface area contributed by atoms with Gasteiger partial charge in [0.25, 0.3) is 5.56 Å². The van der Waals surface area contributed by atoms with E-state index in [1.807, 2.05) is 37.5 Å². The first kappa shape index (κ1) is 17.4. The standard InChI is InChI=1S/C23H22N2O2S/c1-3-28-24-16-10-15-11-21(14-8-9-14)27-22(15)19(12-16)20-13-25(2)23(26)18-7-5-4-6-17(18)20/h4-7,10-14,24H,3,8-9H2,1-2H3. The number of anilines is 1. The van der Waals surface area contributed by atoms with E-state index in [1.54, 1.807) is 16.5 Å². The van der Waals surface area contributed by atoms with E-state index in [4.69, 9.17) is 4.42 Å². The molecule has 5 rings (SSSR count). The van der Waals surface area contributed by atoms with Crippen LogP contribution < -0.4 is 10.3 Å². The third-order valence-electron chi connectivity index (χ3n) is 5.33. The van der Waals surface area contributed by atoms with Crippen molar-refractivity contribution in [1.82, 2.24) is 4.57 Å². The highest BCUT2D eigenvalue weighted by atomic mass is 32.2. The Morgan fingerprint density at radius 1 is 1.14 bits per heavy atom. The summed E-state index contributed by atoms with van der Waals surface area (Å²) in [6.45, 7) is 2.13. The van der Waals surface area contributed by atoms with Gasteiger partial charge in [-0.1, -0.05) is 37.1 Å². The number of rotatable bonds is 5. The highest BCUT2D eigenvalue weighted by Gasteiger charge is 2.28. The zero-order chi connectivity index (χ0) is 19.3. The van der Waals surface area contributed by atoms with Crippen LogP contribution in [0.25, 0.3) is 32.9 Å². The van der Waals surface area contributed by atoms with Crippen molar-refractivity contribution in [3.05, 3.63) is 64.8 Å². The first-order valence-corrected chi connectivity index (χ1v) is 10.7. The molecule has 0 aliphatic heterocycles. The van der Waals surface area contributed by atoms with Crippen molar-refractivity contribution >= 4 is 39.4 Å². The smallest absolute Gasteiger partial charge is 0.258 e. The summed E-state index contributed by atoms with van der Waals surface area (Å²) in [7, 11) is 1.81. The predicted molar refractivity (Wildman–Crippen MR) is 118 cm³/mol. The molecule has 1 aliphatic rings. The predicted octanol–water partition coefficient (Wildman–Crippen LogP) is 5.91. The van der Waals surface area contributed by atoms with Crippen LogP contribution in [0.2, 0.25) is 0 Å². The van der Waals surface area contributed by atoms with E-state index in [-0.39, 0.29) is 5.56 Å². The first-order valence-electron chi connectivity index (χ1n) is 9.69. The maximum atomic E-state index is 12.6. The van der Waals surface area contributed by atoms with Crippen molar-refractivity contribution in [2.75, 3.05) is 10.5 Å². The molecule has 1 aliphatic carbocycles. The molecule has 4 nitrogen and oxygen atoms in total. The molecule has 0 spiro atoms. The molecule has 2 aromatic heterocycles. The van der Waals surface area contributed by atoms with Gasteiger partial charge in [0.15, 0.2) is 0 Å². The van der Waals surface area contributed by atoms with Crippen LogP contribution in [-0.4, -0.2) is 10.3 Å². The van der Waals surface area contributed by atoms with Crippen LogP contribution in [0.4, 0.5) is 5.69 Å². The normalized spacial score (nSPS) is 14.1. The summed E-state index contributed by atoms with van der Waals surface area (Å²) in [4.78, 5) is 12.6. The molecular weight excluding hydrogens is 368 g/mol. The quantitative estimate of drug-likeness (QED) is 0.430. The lowest BCUT2D eigenvalue weighted by molar-refractivity contribution is 0.553. The number of hydrogen-bond acceptors (Lipinski definition) is 4. The summed E-state index contributed by atoms with van der Waals surface area (Å²) in [6.07, 6.45) is 4.33. The van der Waals surface area contributed by atoms with Crippen LogP contribution in [0, 0.1) is 0 Å². The van der Waals surface area contributed by atoms with Gasteiger partial charge in [0.2, 0.25) is 0 Å². The molecule has 0 bridgehead atoms. The van der Waals surface area contributed by atoms with Gasteiger partial charge in [-0.2, -0.15) is 0 Å². The molecule has 0 amide bonds. The van der Waals surface area contributed by atoms with Crippen molar-refractivity contribution in [2.24, 2.45) is 7.05 Å². The largest absolute Gasteiger partial charge is 0.460 e. The number of fused-ring (bicyclic) bond motifs is 2. The Hall–Kier alpha value is -2.66. The summed E-state index contributed by atoms with van der Waals surface area (Å²) in [5, 5.41) is 2.79. The van der Waals surface area contributed by atoms with Gasteiger partial charge >= 0.3 is 0 Å². The molecule has 2 heterocycles. The summed E-state index contributed by atoms with van der Waals surface area (Å²) >= 11 is 1.67. The van der Waals surface area contributed by atoms with Gasteiger partial charge in [0.1, 0.15) is 11.3 Å². The lowest BCUT2D eigenvalue weighted by Crippen LogP contribution is -2.16. The zero-order valence-electron chi connectivity index (χ0n) is 16.0. The Labute approximate surface area is 167 Å². The van der Waals surface area contributed by atoms with Gasteiger partial charge in [-0.05, 0) is 42.5 Å². The van der Waals surface area contributed by atoms with E-state index in [1.165, 1.54) is 12.8 Å². The summed E-state index contributed by atoms with van der Waals surface area (Å²) < 4.78 is 11.4. The second kappa shape index (κ2) is 6.74. The molecule has 0 radical (unpaired) electrons. The summed E-state index contributed by atoms with van der Waals surface area (Å²) in [5.74, 6) is 2.61. The fraction of sp³-hybridized carbons (Fsp3) is 0.261. The van der Waals surface area contributed by atoms with E-state index in [9.17, 15) is 4.79 Å². The second-order valence-corrected chi connectivity index (χ2v) is 8.47. The minimum atomic E-state index is 0.0181. The number of benzene rings is 2. The van der Waals surface area contributed by atoms with Crippen LogP contribution >= 0.6 is 11.9 Å². The molecule has 28 heavy (non-hydrogen) atoms. The van der Waals surface area contributed by atoms with Crippen molar-refractivity contribution < 1.29 is 4.42 Å². The topological polar surface area (TPSA) is 47.2 Å². The van der Waals surface area contributed by atoms with E-state index >= 15 is 0 Å². The maximum Gasteiger partial charge on any atom is 0.258 e. The Morgan fingerprint density at radius 2 is 1.93 bits per heavy atom. The molecule has 0 saturated heterocycles. The molecule has 5 heteroatoms. The van der Waals surface area contributed by atoms with E-state index in [0.29, 0.717) is 5.92 Å². The summed E-state index contributed by atoms with van der Waals surface area (Å²) in [5.41, 5.74) is 4.01. The fourth-order valence-electron chi connectivity index (χ4n) is 3.79. The molecule has 1 fully saturated rings. The fourth-order valence-corrected chi connectivity index (χ4v) is 4.22. The van der Waals surface area contributed by atoms with Gasteiger partial charge in [-0.3, -0.25) is 4.79 Å². The van der Waals surface area contributed by atoms with Crippen LogP contribution in [-0.2, 0) is 7.05 Å². The van der Waals surface area contributed by atoms with E-state index < -0.39 is 0 Å². The van der Waals surface area contributed by atoms with Crippen LogP contribution in [0.1, 0.15) is 31.4 Å². The molecule has 0 atom stereocenters. The molecular formula is C23H22N2O2S. The summed E-state index contributed by atoms with van der Waals surface area (Å²) in [6, 6.07) is 14.3. The average Bonchev–Trinajstić information content (AvgIpc) is 3.48. The number of nitrogens with one attached hydrogen (secondary N) is 1. The number of furan rings is 1. The highest BCUT2D eigenvalue weighted by molar-refractivity contribution is 8.00. The minimum absolute atomic E-state index is 0.0181. The van der Waals surface area contributed by atoms with Gasteiger partial charge in [-0.15, -0.1) is 0 Å². The Bertz CT molecular complexity index is 1250. The highest BCUT2D eigenvalue weighted by Crippen LogP contribution is 2.45. The van der Waals surface area contributed by atoms with E-state index in [0.717, 1.165) is 50.1 Å². The first-order chi connectivity index (χ1) is 13.7. The van der Waals surface area contributed by atoms with Crippen LogP contribution in [0.5, 0.6) is 0 Å². The van der Waals surface area contributed by atoms with Crippen molar-refractivity contribution in [2.45, 2.75) is 25.7 Å². The van der Waals surface area contributed by atoms with Crippen molar-refractivity contribution in [1.29, 1.82) is 0 Å².